The summed E-state index contributed by atoms with van der Waals surface area (Å²) >= 11 is 0. The Morgan fingerprint density at radius 2 is 1.73 bits per heavy atom. The largest absolute Gasteiger partial charge is 0.381 e. The maximum Gasteiger partial charge on any atom is 0.0466 e. The second kappa shape index (κ2) is 7.80. The Morgan fingerprint density at radius 3 is 1.82 bits per heavy atom. The SMILES string of the molecule is C1CCOCC1.C=C(C)CC. The van der Waals surface area contributed by atoms with E-state index in [9.17, 15) is 0 Å². The lowest BCUT2D eigenvalue weighted by atomic mass is 10.2. The summed E-state index contributed by atoms with van der Waals surface area (Å²) in [5.74, 6) is 0. The van der Waals surface area contributed by atoms with Gasteiger partial charge >= 0.3 is 0 Å². The second-order valence-electron chi connectivity index (χ2n) is 2.98. The highest BCUT2D eigenvalue weighted by Gasteiger charge is 1.94. The summed E-state index contributed by atoms with van der Waals surface area (Å²) in [6.45, 7) is 9.80. The molecule has 0 unspecified atom stereocenters. The fourth-order valence-electron chi connectivity index (χ4n) is 0.687. The first-order valence-corrected chi connectivity index (χ1v) is 4.49. The zero-order valence-corrected chi connectivity index (χ0v) is 7.86. The van der Waals surface area contributed by atoms with Crippen LogP contribution in [0.2, 0.25) is 0 Å². The number of rotatable bonds is 1. The van der Waals surface area contributed by atoms with E-state index in [-0.39, 0.29) is 0 Å². The van der Waals surface area contributed by atoms with Gasteiger partial charge in [-0.1, -0.05) is 12.5 Å². The number of allylic oxidation sites excluding steroid dienone is 1. The third kappa shape index (κ3) is 9.70. The lowest BCUT2D eigenvalue weighted by molar-refractivity contribution is 0.0968. The van der Waals surface area contributed by atoms with E-state index in [1.54, 1.807) is 0 Å². The molecule has 0 spiro atoms. The molecule has 0 bridgehead atoms. The fourth-order valence-corrected chi connectivity index (χ4v) is 0.687. The predicted octanol–water partition coefficient (Wildman–Crippen LogP) is 3.16. The van der Waals surface area contributed by atoms with Crippen LogP contribution in [-0.4, -0.2) is 13.2 Å². The van der Waals surface area contributed by atoms with Gasteiger partial charge in [0, 0.05) is 13.2 Å². The van der Waals surface area contributed by atoms with E-state index in [1.807, 2.05) is 6.92 Å². The first-order chi connectivity index (χ1) is 5.27. The second-order valence-corrected chi connectivity index (χ2v) is 2.98. The van der Waals surface area contributed by atoms with Crippen LogP contribution < -0.4 is 0 Å². The Kier molecular flexibility index (Phi) is 7.59. The highest BCUT2D eigenvalue weighted by Crippen LogP contribution is 2.02. The standard InChI is InChI=1S/C5H10O.C5H10/c1-2-4-6-5-3-1;1-4-5(2)3/h1-5H2;2,4H2,1,3H3. The van der Waals surface area contributed by atoms with Crippen LogP contribution in [0.5, 0.6) is 0 Å². The third-order valence-electron chi connectivity index (χ3n) is 1.68. The molecule has 1 fully saturated rings. The van der Waals surface area contributed by atoms with E-state index in [2.05, 4.69) is 13.5 Å². The maximum absolute atomic E-state index is 5.07. The summed E-state index contributed by atoms with van der Waals surface area (Å²) in [5, 5.41) is 0. The van der Waals surface area contributed by atoms with Crippen molar-refractivity contribution in [3.05, 3.63) is 12.2 Å². The smallest absolute Gasteiger partial charge is 0.0466 e. The Morgan fingerprint density at radius 1 is 1.27 bits per heavy atom. The van der Waals surface area contributed by atoms with Crippen molar-refractivity contribution in [1.82, 2.24) is 0 Å². The fraction of sp³-hybridized carbons (Fsp3) is 0.800. The van der Waals surface area contributed by atoms with Gasteiger partial charge in [0.1, 0.15) is 0 Å². The van der Waals surface area contributed by atoms with Crippen LogP contribution in [0.1, 0.15) is 39.5 Å². The highest BCUT2D eigenvalue weighted by atomic mass is 16.5. The van der Waals surface area contributed by atoms with Crippen LogP contribution in [0, 0.1) is 0 Å². The van der Waals surface area contributed by atoms with E-state index < -0.39 is 0 Å². The number of hydrogen-bond donors (Lipinski definition) is 0. The van der Waals surface area contributed by atoms with Crippen molar-refractivity contribution in [2.45, 2.75) is 39.5 Å². The molecule has 1 nitrogen and oxygen atoms in total. The monoisotopic (exact) mass is 156 g/mol. The zero-order chi connectivity index (χ0) is 8.53. The topological polar surface area (TPSA) is 9.23 Å². The molecule has 0 aliphatic carbocycles. The van der Waals surface area contributed by atoms with Gasteiger partial charge in [-0.05, 0) is 32.6 Å². The summed E-state index contributed by atoms with van der Waals surface area (Å²) in [6, 6.07) is 0. The first kappa shape index (κ1) is 10.7. The van der Waals surface area contributed by atoms with Crippen LogP contribution in [-0.2, 0) is 4.74 Å². The van der Waals surface area contributed by atoms with Crippen molar-refractivity contribution in [2.75, 3.05) is 13.2 Å². The van der Waals surface area contributed by atoms with Crippen LogP contribution >= 0.6 is 0 Å². The van der Waals surface area contributed by atoms with Gasteiger partial charge in [-0.3, -0.25) is 0 Å². The quantitative estimate of drug-likeness (QED) is 0.530. The van der Waals surface area contributed by atoms with Gasteiger partial charge in [-0.25, -0.2) is 0 Å². The molecule has 0 aromatic heterocycles. The van der Waals surface area contributed by atoms with Crippen molar-refractivity contribution in [1.29, 1.82) is 0 Å². The van der Waals surface area contributed by atoms with Gasteiger partial charge < -0.3 is 4.74 Å². The molecule has 0 N–H and O–H groups in total. The summed E-state index contributed by atoms with van der Waals surface area (Å²) in [4.78, 5) is 0. The summed E-state index contributed by atoms with van der Waals surface area (Å²) in [7, 11) is 0. The Hall–Kier alpha value is -0.300. The zero-order valence-electron chi connectivity index (χ0n) is 7.86. The van der Waals surface area contributed by atoms with E-state index in [0.29, 0.717) is 0 Å². The molecule has 1 saturated heterocycles. The number of hydrogen-bond acceptors (Lipinski definition) is 1. The van der Waals surface area contributed by atoms with Crippen molar-refractivity contribution in [3.8, 4) is 0 Å². The van der Waals surface area contributed by atoms with Crippen LogP contribution in [0.3, 0.4) is 0 Å². The van der Waals surface area contributed by atoms with Gasteiger partial charge in [0.05, 0.1) is 0 Å². The van der Waals surface area contributed by atoms with Crippen LogP contribution in [0.25, 0.3) is 0 Å². The summed E-state index contributed by atoms with van der Waals surface area (Å²) in [5.41, 5.74) is 1.25. The molecular weight excluding hydrogens is 136 g/mol. The molecule has 0 aromatic rings. The first-order valence-electron chi connectivity index (χ1n) is 4.49. The van der Waals surface area contributed by atoms with Gasteiger partial charge in [-0.2, -0.15) is 0 Å². The molecule has 66 valence electrons. The summed E-state index contributed by atoms with van der Waals surface area (Å²) < 4.78 is 5.07. The van der Waals surface area contributed by atoms with Crippen molar-refractivity contribution in [3.63, 3.8) is 0 Å². The van der Waals surface area contributed by atoms with Gasteiger partial charge in [0.25, 0.3) is 0 Å². The Balaban J connectivity index is 0.000000187. The van der Waals surface area contributed by atoms with Gasteiger partial charge in [0.15, 0.2) is 0 Å². The van der Waals surface area contributed by atoms with E-state index >= 15 is 0 Å². The molecule has 1 aliphatic heterocycles. The lowest BCUT2D eigenvalue weighted by Crippen LogP contribution is -2.03. The van der Waals surface area contributed by atoms with Crippen LogP contribution in [0.4, 0.5) is 0 Å². The van der Waals surface area contributed by atoms with Crippen molar-refractivity contribution >= 4 is 0 Å². The van der Waals surface area contributed by atoms with E-state index in [0.717, 1.165) is 19.6 Å². The molecule has 0 amide bonds. The average Bonchev–Trinajstić information content (AvgIpc) is 2.09. The molecule has 1 aliphatic rings. The molecule has 0 aromatic carbocycles. The Bertz CT molecular complexity index is 81.5. The maximum atomic E-state index is 5.07. The third-order valence-corrected chi connectivity index (χ3v) is 1.68. The van der Waals surface area contributed by atoms with E-state index in [1.165, 1.54) is 24.8 Å². The molecule has 1 rings (SSSR count). The Labute approximate surface area is 70.4 Å². The minimum Gasteiger partial charge on any atom is -0.381 e. The number of ether oxygens (including phenoxy) is 1. The molecule has 1 heteroatoms. The average molecular weight is 156 g/mol. The normalized spacial score (nSPS) is 16.5. The van der Waals surface area contributed by atoms with Crippen molar-refractivity contribution < 1.29 is 4.74 Å². The molecular formula is C10H20O. The highest BCUT2D eigenvalue weighted by molar-refractivity contribution is 4.84. The predicted molar refractivity (Wildman–Crippen MR) is 49.8 cm³/mol. The van der Waals surface area contributed by atoms with Gasteiger partial charge in [-0.15, -0.1) is 6.58 Å². The van der Waals surface area contributed by atoms with Crippen molar-refractivity contribution in [2.24, 2.45) is 0 Å². The molecule has 0 saturated carbocycles. The van der Waals surface area contributed by atoms with Crippen LogP contribution in [0.15, 0.2) is 12.2 Å². The summed E-state index contributed by atoms with van der Waals surface area (Å²) in [6.07, 6.45) is 5.04. The lowest BCUT2D eigenvalue weighted by Gasteiger charge is -2.08. The van der Waals surface area contributed by atoms with E-state index in [4.69, 9.17) is 4.74 Å². The van der Waals surface area contributed by atoms with Gasteiger partial charge in [0.2, 0.25) is 0 Å². The molecule has 0 atom stereocenters. The molecule has 1 heterocycles. The molecule has 11 heavy (non-hydrogen) atoms. The minimum atomic E-state index is 1.00. The minimum absolute atomic E-state index is 1.00. The molecule has 0 radical (unpaired) electrons.